The average Bonchev–Trinajstić information content (AvgIpc) is 3.22. The number of carbonyl (C=O) groups is 3. The van der Waals surface area contributed by atoms with E-state index in [1.807, 2.05) is 96.1 Å². The third kappa shape index (κ3) is 18.6. The van der Waals surface area contributed by atoms with Gasteiger partial charge in [0, 0.05) is 18.2 Å². The number of carbonyl (C=O) groups excluding carboxylic acids is 3. The topological polar surface area (TPSA) is 145 Å². The van der Waals surface area contributed by atoms with E-state index in [0.29, 0.717) is 0 Å². The highest BCUT2D eigenvalue weighted by atomic mass is 16.5. The molecule has 12 nitrogen and oxygen atoms in total. The number of hydrogen-bond acceptors (Lipinski definition) is 9. The maximum absolute atomic E-state index is 13.2. The first kappa shape index (κ1) is 51.8. The molecule has 0 aliphatic heterocycles. The lowest BCUT2D eigenvalue weighted by molar-refractivity contribution is -0.138. The molecule has 0 aliphatic rings. The van der Waals surface area contributed by atoms with Crippen LogP contribution < -0.4 is 17.1 Å². The minimum Gasteiger partial charge on any atom is -0.461 e. The second-order valence-electron chi connectivity index (χ2n) is 10.0. The molecular weight excluding hydrogens is 714 g/mol. The Balaban J connectivity index is 0. The summed E-state index contributed by atoms with van der Waals surface area (Å²) < 4.78 is 17.7. The van der Waals surface area contributed by atoms with Crippen molar-refractivity contribution in [1.29, 1.82) is 0 Å². The predicted molar refractivity (Wildman–Crippen MR) is 226 cm³/mol. The van der Waals surface area contributed by atoms with E-state index >= 15 is 0 Å². The molecule has 1 heterocycles. The van der Waals surface area contributed by atoms with Gasteiger partial charge >= 0.3 is 35.0 Å². The Morgan fingerprint density at radius 3 is 0.857 bits per heavy atom. The summed E-state index contributed by atoms with van der Waals surface area (Å²) in [7, 11) is 0. The van der Waals surface area contributed by atoms with Crippen LogP contribution in [0.1, 0.15) is 73.1 Å². The largest absolute Gasteiger partial charge is 0.461 e. The first-order valence-corrected chi connectivity index (χ1v) is 18.0. The highest BCUT2D eigenvalue weighted by Gasteiger charge is 2.17. The minimum absolute atomic E-state index is 0. The molecule has 12 heteroatoms. The molecule has 4 aromatic rings. The molecule has 0 saturated carbocycles. The van der Waals surface area contributed by atoms with E-state index in [1.165, 1.54) is 18.2 Å². The van der Waals surface area contributed by atoms with Gasteiger partial charge in [0.1, 0.15) is 19.8 Å². The molecule has 304 valence electrons. The van der Waals surface area contributed by atoms with Gasteiger partial charge in [-0.05, 0) is 34.9 Å². The summed E-state index contributed by atoms with van der Waals surface area (Å²) in [6, 6.07) is 27.1. The van der Waals surface area contributed by atoms with E-state index in [0.717, 1.165) is 30.4 Å². The molecule has 0 spiro atoms. The number of esters is 3. The SMILES string of the molecule is C.C.CC.CC.CC.O=C(C=Cc1ccccc1)OCCn1c(=O)n(CCOC(=O)C=Cc2ccccc2)c(=O)n(CCOC(=O)C=Cc2ccccc2)c1=O. The Morgan fingerprint density at radius 1 is 0.429 bits per heavy atom. The molecule has 0 atom stereocenters. The molecule has 0 saturated heterocycles. The fourth-order valence-corrected chi connectivity index (χ4v) is 4.30. The van der Waals surface area contributed by atoms with Gasteiger partial charge in [0.25, 0.3) is 0 Å². The van der Waals surface area contributed by atoms with Crippen LogP contribution in [-0.2, 0) is 48.2 Å². The molecule has 0 bridgehead atoms. The van der Waals surface area contributed by atoms with Crippen LogP contribution in [0.15, 0.2) is 124 Å². The van der Waals surface area contributed by atoms with Gasteiger partial charge in [0.2, 0.25) is 0 Å². The van der Waals surface area contributed by atoms with Crippen LogP contribution in [0.4, 0.5) is 0 Å². The molecule has 0 N–H and O–H groups in total. The summed E-state index contributed by atoms with van der Waals surface area (Å²) >= 11 is 0. The van der Waals surface area contributed by atoms with Crippen molar-refractivity contribution in [3.05, 3.63) is 157 Å². The Kier molecular flexibility index (Phi) is 28.8. The van der Waals surface area contributed by atoms with Crippen LogP contribution in [-0.4, -0.2) is 51.4 Å². The summed E-state index contributed by atoms with van der Waals surface area (Å²) in [5.74, 6) is -2.11. The van der Waals surface area contributed by atoms with Crippen molar-refractivity contribution in [2.24, 2.45) is 0 Å². The molecule has 0 radical (unpaired) electrons. The van der Waals surface area contributed by atoms with Crippen LogP contribution in [0, 0.1) is 0 Å². The maximum Gasteiger partial charge on any atom is 0.336 e. The van der Waals surface area contributed by atoms with E-state index < -0.39 is 35.0 Å². The zero-order valence-corrected chi connectivity index (χ0v) is 31.9. The quantitative estimate of drug-likeness (QED) is 0.0691. The Hall–Kier alpha value is -6.30. The number of hydrogen-bond donors (Lipinski definition) is 0. The van der Waals surface area contributed by atoms with Gasteiger partial charge in [-0.1, -0.05) is 147 Å². The zero-order valence-electron chi connectivity index (χ0n) is 31.9. The van der Waals surface area contributed by atoms with E-state index in [2.05, 4.69) is 0 Å². The van der Waals surface area contributed by atoms with Gasteiger partial charge < -0.3 is 14.2 Å². The van der Waals surface area contributed by atoms with Crippen molar-refractivity contribution >= 4 is 36.1 Å². The Morgan fingerprint density at radius 2 is 0.643 bits per heavy atom. The zero-order chi connectivity index (χ0) is 40.1. The summed E-state index contributed by atoms with van der Waals surface area (Å²) in [5, 5.41) is 0. The van der Waals surface area contributed by atoms with E-state index in [1.54, 1.807) is 54.6 Å². The van der Waals surface area contributed by atoms with Gasteiger partial charge in [0.05, 0.1) is 19.6 Å². The van der Waals surface area contributed by atoms with Crippen molar-refractivity contribution < 1.29 is 28.6 Å². The van der Waals surface area contributed by atoms with Gasteiger partial charge in [-0.15, -0.1) is 0 Å². The first-order chi connectivity index (χ1) is 26.3. The summed E-state index contributed by atoms with van der Waals surface area (Å²) in [6.07, 6.45) is 8.27. The number of nitrogens with zero attached hydrogens (tertiary/aromatic N) is 3. The number of aromatic nitrogens is 3. The van der Waals surface area contributed by atoms with Crippen molar-refractivity contribution in [3.8, 4) is 0 Å². The summed E-state index contributed by atoms with van der Waals surface area (Å²) in [6.45, 7) is 9.81. The van der Waals surface area contributed by atoms with E-state index in [4.69, 9.17) is 14.2 Å². The van der Waals surface area contributed by atoms with Crippen LogP contribution in [0.2, 0.25) is 0 Å². The van der Waals surface area contributed by atoms with E-state index in [-0.39, 0.29) is 54.3 Å². The molecule has 0 fully saturated rings. The van der Waals surface area contributed by atoms with Gasteiger partial charge in [-0.2, -0.15) is 0 Å². The minimum atomic E-state index is -0.990. The van der Waals surface area contributed by atoms with Gasteiger partial charge in [-0.3, -0.25) is 0 Å². The third-order valence-electron chi connectivity index (χ3n) is 6.70. The molecular formula is C44H59N3O9. The van der Waals surface area contributed by atoms with Crippen LogP contribution in [0.3, 0.4) is 0 Å². The highest BCUT2D eigenvalue weighted by molar-refractivity contribution is 5.88. The lowest BCUT2D eigenvalue weighted by Gasteiger charge is -2.14. The molecule has 0 unspecified atom stereocenters. The Labute approximate surface area is 331 Å². The maximum atomic E-state index is 13.2. The van der Waals surface area contributed by atoms with Crippen molar-refractivity contribution in [1.82, 2.24) is 13.7 Å². The second-order valence-corrected chi connectivity index (χ2v) is 10.0. The molecule has 4 rings (SSSR count). The number of ether oxygens (including phenoxy) is 3. The van der Waals surface area contributed by atoms with Crippen molar-refractivity contribution in [2.45, 2.75) is 76.0 Å². The van der Waals surface area contributed by atoms with Crippen LogP contribution in [0.25, 0.3) is 18.2 Å². The molecule has 1 aromatic heterocycles. The van der Waals surface area contributed by atoms with Gasteiger partial charge in [-0.25, -0.2) is 42.5 Å². The monoisotopic (exact) mass is 773 g/mol. The number of benzene rings is 3. The van der Waals surface area contributed by atoms with Gasteiger partial charge in [0.15, 0.2) is 0 Å². The molecule has 0 amide bonds. The van der Waals surface area contributed by atoms with Crippen LogP contribution >= 0.6 is 0 Å². The Bertz CT molecular complexity index is 1700. The predicted octanol–water partition coefficient (Wildman–Crippen LogP) is 7.29. The van der Waals surface area contributed by atoms with Crippen molar-refractivity contribution in [3.63, 3.8) is 0 Å². The smallest absolute Gasteiger partial charge is 0.336 e. The normalized spacial score (nSPS) is 9.96. The third-order valence-corrected chi connectivity index (χ3v) is 6.70. The highest BCUT2D eigenvalue weighted by Crippen LogP contribution is 2.03. The number of rotatable bonds is 15. The fourth-order valence-electron chi connectivity index (χ4n) is 4.30. The lowest BCUT2D eigenvalue weighted by atomic mass is 10.2. The second kappa shape index (κ2) is 31.1. The molecule has 3 aromatic carbocycles. The van der Waals surface area contributed by atoms with Crippen LogP contribution in [0.5, 0.6) is 0 Å². The molecule has 56 heavy (non-hydrogen) atoms. The average molecular weight is 774 g/mol. The van der Waals surface area contributed by atoms with Crippen molar-refractivity contribution in [2.75, 3.05) is 19.8 Å². The van der Waals surface area contributed by atoms with E-state index in [9.17, 15) is 28.8 Å². The lowest BCUT2D eigenvalue weighted by Crippen LogP contribution is -2.55. The first-order valence-electron chi connectivity index (χ1n) is 18.0. The standard InChI is InChI=1S/C36H33N3O9.3C2H6.2CH4/c40-31(19-16-28-10-4-1-5-11-28)46-25-22-37-34(43)38(23-26-47-32(41)20-17-29-12-6-2-7-13-29)36(45)39(35(37)44)24-27-48-33(42)21-18-30-14-8-3-9-15-30;3*1-2;;/h1-21H,22-27H2;3*1-2H3;2*1H4. The molecule has 0 aliphatic carbocycles. The summed E-state index contributed by atoms with van der Waals surface area (Å²) in [4.78, 5) is 76.4. The summed E-state index contributed by atoms with van der Waals surface area (Å²) in [5.41, 5.74) is -0.656. The fraction of sp³-hybridized carbons (Fsp3) is 0.318.